The fourth-order valence-corrected chi connectivity index (χ4v) is 5.30. The van der Waals surface area contributed by atoms with Crippen molar-refractivity contribution >= 4 is 17.6 Å². The molecule has 6 N–H and O–H groups in total. The number of carbonyl (C=O) groups is 2. The van der Waals surface area contributed by atoms with Gasteiger partial charge >= 0.3 is 5.97 Å². The highest BCUT2D eigenvalue weighted by atomic mass is 19.1. The molecule has 4 aromatic rings. The van der Waals surface area contributed by atoms with Crippen molar-refractivity contribution in [1.29, 1.82) is 0 Å². The summed E-state index contributed by atoms with van der Waals surface area (Å²) in [5.74, 6) is -2.84. The molecular formula is C33H35FN2O7. The van der Waals surface area contributed by atoms with Crippen LogP contribution in [0.3, 0.4) is 0 Å². The standard InChI is InChI=1S/C33H35FN2O7/c1-19(2)31-30(33(43)35-26-13-12-23(37)17-27(26)40)29(20-6-4-3-5-7-20)32(21-8-10-22(34)11-9-21)36(31)15-14-24(38)16-25(39)18-28(41)42/h3-13,17,19,24-25,37-40H,14-16,18H2,1-2H3,(H,35,43)(H,41,42). The predicted octanol–water partition coefficient (Wildman–Crippen LogP) is 5.72. The van der Waals surface area contributed by atoms with Gasteiger partial charge in [0.05, 0.1) is 35.6 Å². The molecular weight excluding hydrogens is 555 g/mol. The SMILES string of the molecule is CC(C)c1c(C(=O)Nc2ccc(O)cc2O)c(-c2ccccc2)c(-c2ccc(F)cc2)n1CCC(O)CC(O)CC(=O)O. The molecule has 0 radical (unpaired) electrons. The predicted molar refractivity (Wildman–Crippen MR) is 161 cm³/mol. The van der Waals surface area contributed by atoms with E-state index in [1.165, 1.54) is 24.3 Å². The summed E-state index contributed by atoms with van der Waals surface area (Å²) in [5.41, 5.74) is 3.52. The van der Waals surface area contributed by atoms with Crippen LogP contribution in [0.1, 0.15) is 55.1 Å². The molecule has 226 valence electrons. The molecule has 1 heterocycles. The third kappa shape index (κ3) is 7.40. The van der Waals surface area contributed by atoms with Gasteiger partial charge in [0, 0.05) is 23.9 Å². The highest BCUT2D eigenvalue weighted by Gasteiger charge is 2.31. The van der Waals surface area contributed by atoms with Crippen molar-refractivity contribution < 1.29 is 39.5 Å². The topological polar surface area (TPSA) is 152 Å². The van der Waals surface area contributed by atoms with E-state index in [1.807, 2.05) is 48.7 Å². The number of halogens is 1. The molecule has 2 unspecified atom stereocenters. The zero-order valence-electron chi connectivity index (χ0n) is 23.9. The molecule has 0 fully saturated rings. The maximum atomic E-state index is 14.1. The van der Waals surface area contributed by atoms with Crippen molar-refractivity contribution in [2.45, 2.75) is 57.8 Å². The van der Waals surface area contributed by atoms with Gasteiger partial charge in [0.25, 0.3) is 5.91 Å². The first-order valence-corrected chi connectivity index (χ1v) is 13.9. The number of hydrogen-bond acceptors (Lipinski definition) is 6. The molecule has 0 saturated carbocycles. The van der Waals surface area contributed by atoms with E-state index in [2.05, 4.69) is 5.32 Å². The number of nitrogens with zero attached hydrogens (tertiary/aromatic N) is 1. The number of rotatable bonds is 12. The molecule has 0 aliphatic heterocycles. The second kappa shape index (κ2) is 13.5. The third-order valence-corrected chi connectivity index (χ3v) is 7.13. The van der Waals surface area contributed by atoms with Crippen LogP contribution in [0.15, 0.2) is 72.8 Å². The smallest absolute Gasteiger partial charge is 0.305 e. The van der Waals surface area contributed by atoms with Gasteiger partial charge in [-0.1, -0.05) is 44.2 Å². The molecule has 43 heavy (non-hydrogen) atoms. The third-order valence-electron chi connectivity index (χ3n) is 7.13. The van der Waals surface area contributed by atoms with Gasteiger partial charge in [-0.25, -0.2) is 4.39 Å². The van der Waals surface area contributed by atoms with Gasteiger partial charge in [-0.2, -0.15) is 0 Å². The Morgan fingerprint density at radius 3 is 2.19 bits per heavy atom. The van der Waals surface area contributed by atoms with Gasteiger partial charge in [0.15, 0.2) is 0 Å². The van der Waals surface area contributed by atoms with Crippen molar-refractivity contribution in [1.82, 2.24) is 4.57 Å². The largest absolute Gasteiger partial charge is 0.508 e. The maximum absolute atomic E-state index is 14.1. The molecule has 4 rings (SSSR count). The van der Waals surface area contributed by atoms with Crippen molar-refractivity contribution in [2.75, 3.05) is 5.32 Å². The van der Waals surface area contributed by atoms with Gasteiger partial charge in [-0.3, -0.25) is 9.59 Å². The van der Waals surface area contributed by atoms with Crippen LogP contribution in [0.4, 0.5) is 10.1 Å². The summed E-state index contributed by atoms with van der Waals surface area (Å²) in [6, 6.07) is 18.9. The number of carboxylic acids is 1. The van der Waals surface area contributed by atoms with Crippen LogP contribution in [0.25, 0.3) is 22.4 Å². The van der Waals surface area contributed by atoms with Gasteiger partial charge in [0.1, 0.15) is 17.3 Å². The number of phenolic OH excluding ortho intramolecular Hbond substituents is 2. The summed E-state index contributed by atoms with van der Waals surface area (Å²) < 4.78 is 15.9. The number of benzene rings is 3. The second-order valence-corrected chi connectivity index (χ2v) is 10.7. The number of amides is 1. The molecule has 2 atom stereocenters. The Kier molecular flexibility index (Phi) is 9.84. The molecule has 0 bridgehead atoms. The fourth-order valence-electron chi connectivity index (χ4n) is 5.30. The average Bonchev–Trinajstić information content (AvgIpc) is 3.29. The van der Waals surface area contributed by atoms with Gasteiger partial charge in [-0.05, 0) is 66.3 Å². The zero-order chi connectivity index (χ0) is 31.3. The minimum atomic E-state index is -1.22. The minimum absolute atomic E-state index is 0.0930. The van der Waals surface area contributed by atoms with Crippen molar-refractivity contribution in [3.05, 3.63) is 89.9 Å². The van der Waals surface area contributed by atoms with Crippen molar-refractivity contribution in [2.24, 2.45) is 0 Å². The Morgan fingerprint density at radius 2 is 1.58 bits per heavy atom. The maximum Gasteiger partial charge on any atom is 0.305 e. The van der Waals surface area contributed by atoms with Crippen LogP contribution >= 0.6 is 0 Å². The van der Waals surface area contributed by atoms with E-state index >= 15 is 0 Å². The van der Waals surface area contributed by atoms with E-state index in [0.29, 0.717) is 33.6 Å². The van der Waals surface area contributed by atoms with Gasteiger partial charge in [-0.15, -0.1) is 0 Å². The van der Waals surface area contributed by atoms with Crippen molar-refractivity contribution in [3.8, 4) is 33.9 Å². The summed E-state index contributed by atoms with van der Waals surface area (Å²) in [6.45, 7) is 4.02. The first kappa shape index (κ1) is 31.3. The number of aromatic hydroxyl groups is 2. The molecule has 0 saturated heterocycles. The molecule has 10 heteroatoms. The van der Waals surface area contributed by atoms with Gasteiger partial charge in [0.2, 0.25) is 0 Å². The highest BCUT2D eigenvalue weighted by Crippen LogP contribution is 2.43. The lowest BCUT2D eigenvalue weighted by molar-refractivity contribution is -0.139. The Morgan fingerprint density at radius 1 is 0.907 bits per heavy atom. The van der Waals surface area contributed by atoms with E-state index in [1.54, 1.807) is 12.1 Å². The second-order valence-electron chi connectivity index (χ2n) is 10.7. The Balaban J connectivity index is 1.91. The lowest BCUT2D eigenvalue weighted by Crippen LogP contribution is -2.22. The average molecular weight is 591 g/mol. The van der Waals surface area contributed by atoms with Crippen LogP contribution < -0.4 is 5.32 Å². The number of carboxylic acid groups (broad SMARTS) is 1. The normalized spacial score (nSPS) is 12.7. The van der Waals surface area contributed by atoms with E-state index in [-0.39, 0.29) is 42.5 Å². The summed E-state index contributed by atoms with van der Waals surface area (Å²) in [7, 11) is 0. The van der Waals surface area contributed by atoms with Crippen LogP contribution in [-0.2, 0) is 11.3 Å². The molecule has 0 aliphatic rings. The van der Waals surface area contributed by atoms with Crippen LogP contribution in [0.5, 0.6) is 11.5 Å². The van der Waals surface area contributed by atoms with Crippen LogP contribution in [0.2, 0.25) is 0 Å². The first-order valence-electron chi connectivity index (χ1n) is 13.9. The number of aliphatic carboxylic acids is 1. The highest BCUT2D eigenvalue weighted by molar-refractivity contribution is 6.13. The molecule has 0 spiro atoms. The number of aliphatic hydroxyl groups excluding tert-OH is 2. The monoisotopic (exact) mass is 590 g/mol. The molecule has 9 nitrogen and oxygen atoms in total. The Hall–Kier alpha value is -4.67. The first-order chi connectivity index (χ1) is 20.5. The molecule has 3 aromatic carbocycles. The van der Waals surface area contributed by atoms with Crippen molar-refractivity contribution in [3.63, 3.8) is 0 Å². The number of hydrogen-bond donors (Lipinski definition) is 6. The van der Waals surface area contributed by atoms with Gasteiger partial charge < -0.3 is 35.4 Å². The number of aliphatic hydroxyl groups is 2. The quantitative estimate of drug-likeness (QED) is 0.0911. The Labute approximate surface area is 248 Å². The number of aromatic nitrogens is 1. The van der Waals surface area contributed by atoms with E-state index in [4.69, 9.17) is 5.11 Å². The fraction of sp³-hybridized carbons (Fsp3) is 0.273. The molecule has 1 aromatic heterocycles. The summed E-state index contributed by atoms with van der Waals surface area (Å²) in [5, 5.41) is 52.6. The molecule has 1 amide bonds. The lowest BCUT2D eigenvalue weighted by Gasteiger charge is -2.20. The van der Waals surface area contributed by atoms with E-state index in [9.17, 15) is 34.4 Å². The molecule has 0 aliphatic carbocycles. The van der Waals surface area contributed by atoms with E-state index in [0.717, 1.165) is 6.07 Å². The van der Waals surface area contributed by atoms with E-state index < -0.39 is 36.3 Å². The number of anilines is 1. The minimum Gasteiger partial charge on any atom is -0.508 e. The number of phenols is 2. The Bertz CT molecular complexity index is 1580. The lowest BCUT2D eigenvalue weighted by atomic mass is 9.94. The van der Waals surface area contributed by atoms with Crippen LogP contribution in [-0.4, -0.2) is 54.2 Å². The summed E-state index contributed by atoms with van der Waals surface area (Å²) >= 11 is 0. The number of carbonyl (C=O) groups excluding carboxylic acids is 1. The summed E-state index contributed by atoms with van der Waals surface area (Å²) in [6.07, 6.45) is -2.77. The zero-order valence-corrected chi connectivity index (χ0v) is 23.9. The summed E-state index contributed by atoms with van der Waals surface area (Å²) in [4.78, 5) is 25.1. The van der Waals surface area contributed by atoms with Crippen LogP contribution in [0, 0.1) is 5.82 Å². The number of nitrogens with one attached hydrogen (secondary N) is 1.